The molecule has 1 saturated heterocycles. The topological polar surface area (TPSA) is 75.4 Å². The molecule has 114 valence electrons. The molecule has 0 saturated carbocycles. The summed E-state index contributed by atoms with van der Waals surface area (Å²) in [5, 5.41) is 2.68. The molecule has 1 aromatic carbocycles. The van der Waals surface area contributed by atoms with Gasteiger partial charge >= 0.3 is 0 Å². The zero-order valence-corrected chi connectivity index (χ0v) is 12.6. The summed E-state index contributed by atoms with van der Waals surface area (Å²) in [6, 6.07) is 6.89. The van der Waals surface area contributed by atoms with Crippen LogP contribution in [0.3, 0.4) is 0 Å². The molecule has 2 atom stereocenters. The lowest BCUT2D eigenvalue weighted by molar-refractivity contribution is -0.133. The summed E-state index contributed by atoms with van der Waals surface area (Å²) in [7, 11) is 0. The van der Waals surface area contributed by atoms with Gasteiger partial charge in [-0.3, -0.25) is 9.59 Å². The van der Waals surface area contributed by atoms with Crippen molar-refractivity contribution >= 4 is 17.5 Å². The van der Waals surface area contributed by atoms with E-state index in [0.717, 1.165) is 19.4 Å². The first-order valence-electron chi connectivity index (χ1n) is 7.40. The molecule has 1 aromatic rings. The maximum atomic E-state index is 12.2. The average molecular weight is 289 g/mol. The number of nitrogens with zero attached hydrogens (tertiary/aromatic N) is 1. The van der Waals surface area contributed by atoms with Crippen molar-refractivity contribution in [3.63, 3.8) is 0 Å². The number of hydrogen-bond donors (Lipinski definition) is 2. The van der Waals surface area contributed by atoms with Crippen LogP contribution >= 0.6 is 0 Å². The number of carbonyl (C=O) groups is 2. The van der Waals surface area contributed by atoms with Gasteiger partial charge in [0, 0.05) is 23.8 Å². The summed E-state index contributed by atoms with van der Waals surface area (Å²) in [6.07, 6.45) is 2.06. The van der Waals surface area contributed by atoms with E-state index in [1.807, 2.05) is 4.90 Å². The van der Waals surface area contributed by atoms with Crippen molar-refractivity contribution in [1.82, 2.24) is 10.2 Å². The smallest absolute Gasteiger partial charge is 0.251 e. The van der Waals surface area contributed by atoms with Crippen LogP contribution in [0.25, 0.3) is 0 Å². The van der Waals surface area contributed by atoms with Crippen LogP contribution in [0.4, 0.5) is 5.69 Å². The molecule has 21 heavy (non-hydrogen) atoms. The normalized spacial score (nSPS) is 21.9. The number of anilines is 1. The lowest BCUT2D eigenvalue weighted by atomic mass is 9.93. The number of nitrogen functional groups attached to an aromatic ring is 1. The predicted molar refractivity (Wildman–Crippen MR) is 82.8 cm³/mol. The summed E-state index contributed by atoms with van der Waals surface area (Å²) >= 11 is 0. The van der Waals surface area contributed by atoms with Crippen LogP contribution in [-0.4, -0.2) is 35.8 Å². The maximum Gasteiger partial charge on any atom is 0.251 e. The Balaban J connectivity index is 1.86. The number of hydrogen-bond acceptors (Lipinski definition) is 3. The SMILES string of the molecule is CC1CCN(C(=O)CNC(=O)c2ccc(N)cc2)C(C)C1. The lowest BCUT2D eigenvalue weighted by Gasteiger charge is -2.36. The fraction of sp³-hybridized carbons (Fsp3) is 0.500. The second-order valence-electron chi connectivity index (χ2n) is 5.87. The molecule has 1 aliphatic heterocycles. The van der Waals surface area contributed by atoms with E-state index in [1.54, 1.807) is 24.3 Å². The molecule has 1 fully saturated rings. The first-order chi connectivity index (χ1) is 9.97. The van der Waals surface area contributed by atoms with Crippen molar-refractivity contribution in [2.24, 2.45) is 5.92 Å². The quantitative estimate of drug-likeness (QED) is 0.831. The highest BCUT2D eigenvalue weighted by Crippen LogP contribution is 2.21. The van der Waals surface area contributed by atoms with Crippen molar-refractivity contribution in [3.05, 3.63) is 29.8 Å². The van der Waals surface area contributed by atoms with E-state index in [9.17, 15) is 9.59 Å². The Morgan fingerprint density at radius 1 is 1.29 bits per heavy atom. The predicted octanol–water partition coefficient (Wildman–Crippen LogP) is 1.65. The summed E-state index contributed by atoms with van der Waals surface area (Å²) in [5.74, 6) is 0.396. The molecular weight excluding hydrogens is 266 g/mol. The third-order valence-electron chi connectivity index (χ3n) is 4.03. The summed E-state index contributed by atoms with van der Waals surface area (Å²) < 4.78 is 0. The van der Waals surface area contributed by atoms with Gasteiger partial charge in [0.05, 0.1) is 6.54 Å². The molecule has 0 bridgehead atoms. The molecule has 0 radical (unpaired) electrons. The van der Waals surface area contributed by atoms with Gasteiger partial charge in [0.15, 0.2) is 0 Å². The second-order valence-corrected chi connectivity index (χ2v) is 5.87. The van der Waals surface area contributed by atoms with Gasteiger partial charge in [-0.2, -0.15) is 0 Å². The minimum atomic E-state index is -0.249. The van der Waals surface area contributed by atoms with Crippen molar-refractivity contribution < 1.29 is 9.59 Å². The van der Waals surface area contributed by atoms with E-state index in [2.05, 4.69) is 19.2 Å². The number of likely N-dealkylation sites (tertiary alicyclic amines) is 1. The average Bonchev–Trinajstić information content (AvgIpc) is 2.45. The van der Waals surface area contributed by atoms with Crippen molar-refractivity contribution in [2.45, 2.75) is 32.7 Å². The fourth-order valence-electron chi connectivity index (χ4n) is 2.77. The zero-order chi connectivity index (χ0) is 15.4. The van der Waals surface area contributed by atoms with Gasteiger partial charge in [-0.15, -0.1) is 0 Å². The molecule has 1 aliphatic rings. The Bertz CT molecular complexity index is 513. The van der Waals surface area contributed by atoms with Crippen LogP contribution in [0, 0.1) is 5.92 Å². The maximum absolute atomic E-state index is 12.2. The number of nitrogens with one attached hydrogen (secondary N) is 1. The number of nitrogens with two attached hydrogens (primary N) is 1. The largest absolute Gasteiger partial charge is 0.399 e. The molecule has 2 amide bonds. The Kier molecular flexibility index (Phi) is 4.83. The Morgan fingerprint density at radius 2 is 1.95 bits per heavy atom. The summed E-state index contributed by atoms with van der Waals surface area (Å²) in [6.45, 7) is 5.09. The van der Waals surface area contributed by atoms with Crippen molar-refractivity contribution in [3.8, 4) is 0 Å². The molecule has 5 heteroatoms. The number of amides is 2. The lowest BCUT2D eigenvalue weighted by Crippen LogP contribution is -2.48. The number of benzene rings is 1. The van der Waals surface area contributed by atoms with Gasteiger partial charge in [0.25, 0.3) is 5.91 Å². The highest BCUT2D eigenvalue weighted by molar-refractivity contribution is 5.96. The van der Waals surface area contributed by atoms with Gasteiger partial charge in [-0.05, 0) is 49.9 Å². The van der Waals surface area contributed by atoms with E-state index in [4.69, 9.17) is 5.73 Å². The third kappa shape index (κ3) is 3.97. The van der Waals surface area contributed by atoms with Crippen LogP contribution in [0.2, 0.25) is 0 Å². The minimum Gasteiger partial charge on any atom is -0.399 e. The highest BCUT2D eigenvalue weighted by atomic mass is 16.2. The molecule has 1 heterocycles. The van der Waals surface area contributed by atoms with Crippen LogP contribution in [0.15, 0.2) is 24.3 Å². The fourth-order valence-corrected chi connectivity index (χ4v) is 2.77. The molecule has 0 spiro atoms. The van der Waals surface area contributed by atoms with Gasteiger partial charge in [0.1, 0.15) is 0 Å². The van der Waals surface area contributed by atoms with E-state index >= 15 is 0 Å². The van der Waals surface area contributed by atoms with Crippen molar-refractivity contribution in [2.75, 3.05) is 18.8 Å². The third-order valence-corrected chi connectivity index (χ3v) is 4.03. The molecule has 2 rings (SSSR count). The molecule has 3 N–H and O–H groups in total. The van der Waals surface area contributed by atoms with Crippen LogP contribution in [-0.2, 0) is 4.79 Å². The van der Waals surface area contributed by atoms with Crippen LogP contribution in [0.1, 0.15) is 37.0 Å². The zero-order valence-electron chi connectivity index (χ0n) is 12.6. The first kappa shape index (κ1) is 15.4. The molecular formula is C16H23N3O2. The first-order valence-corrected chi connectivity index (χ1v) is 7.40. The van der Waals surface area contributed by atoms with E-state index < -0.39 is 0 Å². The molecule has 2 unspecified atom stereocenters. The summed E-state index contributed by atoms with van der Waals surface area (Å²) in [4.78, 5) is 26.0. The Hall–Kier alpha value is -2.04. The minimum absolute atomic E-state index is 0.0156. The standard InChI is InChI=1S/C16H23N3O2/c1-11-7-8-19(12(2)9-11)15(20)10-18-16(21)13-3-5-14(17)6-4-13/h3-6,11-12H,7-10,17H2,1-2H3,(H,18,21). The van der Waals surface area contributed by atoms with Crippen LogP contribution in [0.5, 0.6) is 0 Å². The van der Waals surface area contributed by atoms with E-state index in [1.165, 1.54) is 0 Å². The number of piperidine rings is 1. The number of rotatable bonds is 3. The molecule has 0 aliphatic carbocycles. The van der Waals surface area contributed by atoms with Crippen LogP contribution < -0.4 is 11.1 Å². The number of carbonyl (C=O) groups excluding carboxylic acids is 2. The van der Waals surface area contributed by atoms with Gasteiger partial charge < -0.3 is 16.0 Å². The van der Waals surface area contributed by atoms with Gasteiger partial charge in [-0.25, -0.2) is 0 Å². The monoisotopic (exact) mass is 289 g/mol. The van der Waals surface area contributed by atoms with Gasteiger partial charge in [0.2, 0.25) is 5.91 Å². The second kappa shape index (κ2) is 6.61. The van der Waals surface area contributed by atoms with Crippen molar-refractivity contribution in [1.29, 1.82) is 0 Å². The highest BCUT2D eigenvalue weighted by Gasteiger charge is 2.26. The summed E-state index contributed by atoms with van der Waals surface area (Å²) in [5.41, 5.74) is 6.70. The Labute approximate surface area is 125 Å². The molecule has 5 nitrogen and oxygen atoms in total. The Morgan fingerprint density at radius 3 is 2.57 bits per heavy atom. The van der Waals surface area contributed by atoms with Gasteiger partial charge in [-0.1, -0.05) is 6.92 Å². The molecule has 0 aromatic heterocycles. The van der Waals surface area contributed by atoms with E-state index in [0.29, 0.717) is 17.2 Å². The van der Waals surface area contributed by atoms with E-state index in [-0.39, 0.29) is 24.4 Å².